The van der Waals surface area contributed by atoms with Gasteiger partial charge in [-0.15, -0.1) is 11.3 Å². The smallest absolute Gasteiger partial charge is 0.254 e. The van der Waals surface area contributed by atoms with Crippen LogP contribution in [0, 0.1) is 18.7 Å². The summed E-state index contributed by atoms with van der Waals surface area (Å²) < 4.78 is 20.0. The summed E-state index contributed by atoms with van der Waals surface area (Å²) >= 11 is 1.71. The average Bonchev–Trinajstić information content (AvgIpc) is 3.54. The van der Waals surface area contributed by atoms with Crippen molar-refractivity contribution in [2.75, 3.05) is 26.2 Å². The van der Waals surface area contributed by atoms with Crippen molar-refractivity contribution < 1.29 is 18.7 Å². The normalized spacial score (nSPS) is 17.1. The number of ether oxygens (including phenoxy) is 1. The summed E-state index contributed by atoms with van der Waals surface area (Å²) in [5.41, 5.74) is 2.44. The number of hydrogen-bond acceptors (Lipinski definition) is 4. The highest BCUT2D eigenvalue weighted by Crippen LogP contribution is 2.35. The predicted molar refractivity (Wildman–Crippen MR) is 134 cm³/mol. The molecule has 1 saturated carbocycles. The Balaban J connectivity index is 1.35. The molecule has 5 rings (SSSR count). The van der Waals surface area contributed by atoms with Gasteiger partial charge in [0.25, 0.3) is 5.91 Å². The first-order valence-electron chi connectivity index (χ1n) is 12.1. The fraction of sp³-hybridized carbons (Fsp3) is 0.357. The largest absolute Gasteiger partial charge is 0.491 e. The monoisotopic (exact) mass is 492 g/mol. The van der Waals surface area contributed by atoms with Crippen LogP contribution in [-0.2, 0) is 11.2 Å². The number of amides is 2. The maximum absolute atomic E-state index is 13.8. The molecule has 0 saturated heterocycles. The lowest BCUT2D eigenvalue weighted by Gasteiger charge is -2.37. The Kier molecular flexibility index (Phi) is 6.86. The molecule has 2 aromatic carbocycles. The SMILES string of the molecule is Cc1ccccc1OCC1c2ccsc2CCN1C(=O)CN(CC1CC1)C(=O)c1cccc(F)c1. The first-order chi connectivity index (χ1) is 17.0. The van der Waals surface area contributed by atoms with E-state index < -0.39 is 5.82 Å². The highest BCUT2D eigenvalue weighted by Gasteiger charge is 2.35. The van der Waals surface area contributed by atoms with Crippen molar-refractivity contribution in [2.24, 2.45) is 5.92 Å². The van der Waals surface area contributed by atoms with Crippen LogP contribution in [0.4, 0.5) is 4.39 Å². The van der Waals surface area contributed by atoms with Crippen LogP contribution in [0.1, 0.15) is 45.2 Å². The number of carbonyl (C=O) groups is 2. The lowest BCUT2D eigenvalue weighted by Crippen LogP contribution is -2.48. The zero-order valence-corrected chi connectivity index (χ0v) is 20.6. The average molecular weight is 493 g/mol. The lowest BCUT2D eigenvalue weighted by molar-refractivity contribution is -0.135. The molecule has 35 heavy (non-hydrogen) atoms. The Hall–Kier alpha value is -3.19. The highest BCUT2D eigenvalue weighted by atomic mass is 32.1. The first kappa shape index (κ1) is 23.5. The molecule has 2 heterocycles. The van der Waals surface area contributed by atoms with Crippen molar-refractivity contribution in [2.45, 2.75) is 32.2 Å². The molecule has 5 nitrogen and oxygen atoms in total. The zero-order chi connectivity index (χ0) is 24.4. The minimum atomic E-state index is -0.456. The fourth-order valence-electron chi connectivity index (χ4n) is 4.65. The Morgan fingerprint density at radius 2 is 1.97 bits per heavy atom. The second-order valence-electron chi connectivity index (χ2n) is 9.37. The number of rotatable bonds is 8. The van der Waals surface area contributed by atoms with E-state index in [0.29, 0.717) is 25.6 Å². The van der Waals surface area contributed by atoms with Crippen LogP contribution < -0.4 is 4.74 Å². The van der Waals surface area contributed by atoms with Crippen LogP contribution in [-0.4, -0.2) is 47.9 Å². The maximum atomic E-state index is 13.8. The quantitative estimate of drug-likeness (QED) is 0.431. The standard InChI is InChI=1S/C28H29FN2O3S/c1-19-5-2-3-8-25(19)34-18-24-23-12-14-35-26(23)11-13-31(24)27(32)17-30(16-20-9-10-20)28(33)21-6-4-7-22(29)15-21/h2-8,12,14-15,20,24H,9-11,13,16-18H2,1H3. The van der Waals surface area contributed by atoms with Crippen LogP contribution in [0.15, 0.2) is 60.0 Å². The summed E-state index contributed by atoms with van der Waals surface area (Å²) in [6.07, 6.45) is 2.89. The van der Waals surface area contributed by atoms with Gasteiger partial charge in [0.2, 0.25) is 5.91 Å². The van der Waals surface area contributed by atoms with Crippen LogP contribution in [0.5, 0.6) is 5.75 Å². The molecule has 1 aliphatic heterocycles. The van der Waals surface area contributed by atoms with Gasteiger partial charge in [-0.2, -0.15) is 0 Å². The Morgan fingerprint density at radius 1 is 1.14 bits per heavy atom. The highest BCUT2D eigenvalue weighted by molar-refractivity contribution is 7.10. The molecule has 3 aromatic rings. The number of fused-ring (bicyclic) bond motifs is 1. The number of aryl methyl sites for hydroxylation is 1. The molecule has 1 unspecified atom stereocenters. The van der Waals surface area contributed by atoms with Gasteiger partial charge >= 0.3 is 0 Å². The summed E-state index contributed by atoms with van der Waals surface area (Å²) in [7, 11) is 0. The molecular weight excluding hydrogens is 463 g/mol. The summed E-state index contributed by atoms with van der Waals surface area (Å²) in [6, 6.07) is 15.4. The van der Waals surface area contributed by atoms with Gasteiger partial charge in [0.05, 0.1) is 6.04 Å². The van der Waals surface area contributed by atoms with Gasteiger partial charge in [0.1, 0.15) is 24.7 Å². The summed E-state index contributed by atoms with van der Waals surface area (Å²) in [5.74, 6) is 0.350. The summed E-state index contributed by atoms with van der Waals surface area (Å²) in [6.45, 7) is 3.43. The van der Waals surface area contributed by atoms with Gasteiger partial charge in [-0.25, -0.2) is 4.39 Å². The van der Waals surface area contributed by atoms with E-state index in [-0.39, 0.29) is 30.0 Å². The van der Waals surface area contributed by atoms with Crippen molar-refractivity contribution in [3.8, 4) is 5.75 Å². The Morgan fingerprint density at radius 3 is 2.74 bits per heavy atom. The number of halogens is 1. The van der Waals surface area contributed by atoms with E-state index in [0.717, 1.165) is 36.1 Å². The van der Waals surface area contributed by atoms with Crippen LogP contribution in [0.3, 0.4) is 0 Å². The third-order valence-electron chi connectivity index (χ3n) is 6.77. The Labute approximate surface area is 209 Å². The second-order valence-corrected chi connectivity index (χ2v) is 10.4. The number of para-hydroxylation sites is 1. The van der Waals surface area contributed by atoms with Gasteiger partial charge in [0.15, 0.2) is 0 Å². The molecule has 1 atom stereocenters. The molecule has 0 N–H and O–H groups in total. The lowest BCUT2D eigenvalue weighted by atomic mass is 10.00. The molecule has 0 bridgehead atoms. The molecule has 2 amide bonds. The number of benzene rings is 2. The van der Waals surface area contributed by atoms with Gasteiger partial charge in [-0.05, 0) is 78.9 Å². The van der Waals surface area contributed by atoms with Crippen LogP contribution in [0.2, 0.25) is 0 Å². The van der Waals surface area contributed by atoms with Crippen molar-refractivity contribution in [1.29, 1.82) is 0 Å². The first-order valence-corrected chi connectivity index (χ1v) is 13.0. The van der Waals surface area contributed by atoms with E-state index >= 15 is 0 Å². The maximum Gasteiger partial charge on any atom is 0.254 e. The van der Waals surface area contributed by atoms with E-state index in [9.17, 15) is 14.0 Å². The van der Waals surface area contributed by atoms with Crippen molar-refractivity contribution in [1.82, 2.24) is 9.80 Å². The van der Waals surface area contributed by atoms with Gasteiger partial charge in [0, 0.05) is 23.5 Å². The van der Waals surface area contributed by atoms with E-state index in [4.69, 9.17) is 4.74 Å². The predicted octanol–water partition coefficient (Wildman–Crippen LogP) is 5.25. The van der Waals surface area contributed by atoms with Crippen molar-refractivity contribution in [3.05, 3.63) is 87.4 Å². The van der Waals surface area contributed by atoms with Gasteiger partial charge in [-0.1, -0.05) is 24.3 Å². The fourth-order valence-corrected chi connectivity index (χ4v) is 5.58. The number of carbonyl (C=O) groups excluding carboxylic acids is 2. The van der Waals surface area contributed by atoms with Crippen molar-refractivity contribution in [3.63, 3.8) is 0 Å². The van der Waals surface area contributed by atoms with E-state index in [1.165, 1.54) is 23.1 Å². The molecule has 0 radical (unpaired) electrons. The third-order valence-corrected chi connectivity index (χ3v) is 7.76. The van der Waals surface area contributed by atoms with Crippen molar-refractivity contribution >= 4 is 23.2 Å². The van der Waals surface area contributed by atoms with Gasteiger partial charge in [-0.3, -0.25) is 9.59 Å². The third kappa shape index (κ3) is 5.40. The molecule has 1 aromatic heterocycles. The van der Waals surface area contributed by atoms with E-state index in [1.807, 2.05) is 36.1 Å². The van der Waals surface area contributed by atoms with Crippen LogP contribution >= 0.6 is 11.3 Å². The second kappa shape index (κ2) is 10.2. The molecule has 1 aliphatic carbocycles. The zero-order valence-electron chi connectivity index (χ0n) is 19.8. The van der Waals surface area contributed by atoms with E-state index in [2.05, 4.69) is 11.4 Å². The van der Waals surface area contributed by atoms with E-state index in [1.54, 1.807) is 22.3 Å². The molecule has 7 heteroatoms. The number of nitrogens with zero attached hydrogens (tertiary/aromatic N) is 2. The molecule has 0 spiro atoms. The molecule has 2 aliphatic rings. The summed E-state index contributed by atoms with van der Waals surface area (Å²) in [5, 5.41) is 2.06. The minimum absolute atomic E-state index is 0.0216. The summed E-state index contributed by atoms with van der Waals surface area (Å²) in [4.78, 5) is 31.6. The van der Waals surface area contributed by atoms with Gasteiger partial charge < -0.3 is 14.5 Å². The number of hydrogen-bond donors (Lipinski definition) is 0. The Bertz CT molecular complexity index is 1220. The molecule has 182 valence electrons. The topological polar surface area (TPSA) is 49.9 Å². The molecule has 1 fully saturated rings. The van der Waals surface area contributed by atoms with Crippen LogP contribution in [0.25, 0.3) is 0 Å². The minimum Gasteiger partial charge on any atom is -0.491 e. The molecular formula is C28H29FN2O3S. The number of thiophene rings is 1.